The molecular formula is C18H21N3O2S. The number of carbonyl (C=O) groups excluding carboxylic acids is 2. The number of pyridine rings is 1. The van der Waals surface area contributed by atoms with Crippen LogP contribution in [0.4, 0.5) is 11.5 Å². The van der Waals surface area contributed by atoms with Crippen molar-refractivity contribution >= 4 is 35.1 Å². The van der Waals surface area contributed by atoms with Crippen molar-refractivity contribution in [3.63, 3.8) is 0 Å². The SMILES string of the molecule is Cc1ccc(NC(=O)CSC(C)C(=O)Nc2cc(C)ccn2)cc1. The van der Waals surface area contributed by atoms with Gasteiger partial charge in [0.2, 0.25) is 11.8 Å². The van der Waals surface area contributed by atoms with Gasteiger partial charge in [0.15, 0.2) is 0 Å². The molecule has 0 aliphatic rings. The minimum Gasteiger partial charge on any atom is -0.325 e. The molecule has 0 spiro atoms. The van der Waals surface area contributed by atoms with Gasteiger partial charge in [-0.05, 0) is 50.6 Å². The molecule has 126 valence electrons. The van der Waals surface area contributed by atoms with E-state index < -0.39 is 0 Å². The first kappa shape index (κ1) is 18.0. The van der Waals surface area contributed by atoms with Crippen LogP contribution < -0.4 is 10.6 Å². The number of aromatic nitrogens is 1. The Labute approximate surface area is 146 Å². The summed E-state index contributed by atoms with van der Waals surface area (Å²) in [5, 5.41) is 5.23. The highest BCUT2D eigenvalue weighted by atomic mass is 32.2. The Morgan fingerprint density at radius 2 is 1.79 bits per heavy atom. The molecule has 24 heavy (non-hydrogen) atoms. The van der Waals surface area contributed by atoms with Gasteiger partial charge in [0, 0.05) is 11.9 Å². The number of carbonyl (C=O) groups is 2. The van der Waals surface area contributed by atoms with Gasteiger partial charge in [-0.2, -0.15) is 0 Å². The second-order valence-electron chi connectivity index (χ2n) is 5.58. The fourth-order valence-corrected chi connectivity index (χ4v) is 2.63. The average Bonchev–Trinajstić information content (AvgIpc) is 2.54. The van der Waals surface area contributed by atoms with E-state index in [-0.39, 0.29) is 22.8 Å². The summed E-state index contributed by atoms with van der Waals surface area (Å²) in [6.07, 6.45) is 1.65. The number of nitrogens with zero attached hydrogens (tertiary/aromatic N) is 1. The van der Waals surface area contributed by atoms with Crippen molar-refractivity contribution in [2.75, 3.05) is 16.4 Å². The molecule has 2 rings (SSSR count). The Bertz CT molecular complexity index is 716. The van der Waals surface area contributed by atoms with Crippen molar-refractivity contribution in [2.24, 2.45) is 0 Å². The van der Waals surface area contributed by atoms with Gasteiger partial charge in [-0.3, -0.25) is 9.59 Å². The van der Waals surface area contributed by atoms with E-state index >= 15 is 0 Å². The zero-order chi connectivity index (χ0) is 17.5. The van der Waals surface area contributed by atoms with Gasteiger partial charge in [0.05, 0.1) is 11.0 Å². The Morgan fingerprint density at radius 1 is 1.08 bits per heavy atom. The highest BCUT2D eigenvalue weighted by Gasteiger charge is 2.16. The third-order valence-corrected chi connectivity index (χ3v) is 4.48. The van der Waals surface area contributed by atoms with Crippen LogP contribution in [0.2, 0.25) is 0 Å². The second-order valence-corrected chi connectivity index (χ2v) is 6.90. The summed E-state index contributed by atoms with van der Waals surface area (Å²) in [4.78, 5) is 28.2. The third kappa shape index (κ3) is 5.70. The molecule has 1 aromatic heterocycles. The summed E-state index contributed by atoms with van der Waals surface area (Å²) < 4.78 is 0. The van der Waals surface area contributed by atoms with Crippen LogP contribution in [0.1, 0.15) is 18.1 Å². The number of benzene rings is 1. The molecule has 0 radical (unpaired) electrons. The smallest absolute Gasteiger partial charge is 0.238 e. The zero-order valence-electron chi connectivity index (χ0n) is 14.0. The predicted molar refractivity (Wildman–Crippen MR) is 99.3 cm³/mol. The normalized spacial score (nSPS) is 11.6. The van der Waals surface area contributed by atoms with Crippen LogP contribution in [-0.4, -0.2) is 27.8 Å². The highest BCUT2D eigenvalue weighted by Crippen LogP contribution is 2.15. The molecule has 1 heterocycles. The van der Waals surface area contributed by atoms with Crippen LogP contribution in [0.25, 0.3) is 0 Å². The summed E-state index contributed by atoms with van der Waals surface area (Å²) >= 11 is 1.29. The van der Waals surface area contributed by atoms with Crippen molar-refractivity contribution in [3.8, 4) is 0 Å². The minimum absolute atomic E-state index is 0.128. The minimum atomic E-state index is -0.351. The van der Waals surface area contributed by atoms with Gasteiger partial charge in [-0.25, -0.2) is 4.98 Å². The summed E-state index contributed by atoms with van der Waals surface area (Å²) in [7, 11) is 0. The van der Waals surface area contributed by atoms with E-state index in [0.29, 0.717) is 5.82 Å². The predicted octanol–water partition coefficient (Wildman–Crippen LogP) is 3.40. The van der Waals surface area contributed by atoms with E-state index in [9.17, 15) is 9.59 Å². The van der Waals surface area contributed by atoms with Gasteiger partial charge in [-0.15, -0.1) is 11.8 Å². The van der Waals surface area contributed by atoms with Gasteiger partial charge in [0.1, 0.15) is 5.82 Å². The molecule has 2 N–H and O–H groups in total. The molecule has 0 aliphatic carbocycles. The first-order chi connectivity index (χ1) is 11.4. The fraction of sp³-hybridized carbons (Fsp3) is 0.278. The number of rotatable bonds is 6. The van der Waals surface area contributed by atoms with E-state index in [1.165, 1.54) is 11.8 Å². The van der Waals surface area contributed by atoms with Crippen molar-refractivity contribution in [1.82, 2.24) is 4.98 Å². The lowest BCUT2D eigenvalue weighted by Gasteiger charge is -2.12. The van der Waals surface area contributed by atoms with Gasteiger partial charge < -0.3 is 10.6 Å². The number of amides is 2. The van der Waals surface area contributed by atoms with E-state index in [0.717, 1.165) is 16.8 Å². The molecule has 2 amide bonds. The molecule has 0 saturated carbocycles. The number of thioether (sulfide) groups is 1. The topological polar surface area (TPSA) is 71.1 Å². The molecule has 0 saturated heterocycles. The van der Waals surface area contributed by atoms with Crippen molar-refractivity contribution in [1.29, 1.82) is 0 Å². The first-order valence-electron chi connectivity index (χ1n) is 7.65. The lowest BCUT2D eigenvalue weighted by Crippen LogP contribution is -2.25. The maximum Gasteiger partial charge on any atom is 0.238 e. The van der Waals surface area contributed by atoms with Crippen LogP contribution in [0.5, 0.6) is 0 Å². The zero-order valence-corrected chi connectivity index (χ0v) is 14.8. The van der Waals surface area contributed by atoms with Gasteiger partial charge >= 0.3 is 0 Å². The molecule has 1 atom stereocenters. The molecule has 1 unspecified atom stereocenters. The van der Waals surface area contributed by atoms with E-state index in [1.807, 2.05) is 44.2 Å². The lowest BCUT2D eigenvalue weighted by atomic mass is 10.2. The summed E-state index contributed by atoms with van der Waals surface area (Å²) in [6, 6.07) is 11.3. The van der Waals surface area contributed by atoms with Crippen LogP contribution in [0.15, 0.2) is 42.6 Å². The highest BCUT2D eigenvalue weighted by molar-refractivity contribution is 8.01. The van der Waals surface area contributed by atoms with Crippen molar-refractivity contribution < 1.29 is 9.59 Å². The average molecular weight is 343 g/mol. The maximum atomic E-state index is 12.1. The van der Waals surface area contributed by atoms with Gasteiger partial charge in [-0.1, -0.05) is 17.7 Å². The summed E-state index contributed by atoms with van der Waals surface area (Å²) in [5.41, 5.74) is 2.92. The second kappa shape index (κ2) is 8.49. The monoisotopic (exact) mass is 343 g/mol. The summed E-state index contributed by atoms with van der Waals surface area (Å²) in [5.74, 6) is 0.443. The standard InChI is InChI=1S/C18H21N3O2S/c1-12-4-6-15(7-5-12)20-17(22)11-24-14(3)18(23)21-16-10-13(2)8-9-19-16/h4-10,14H,11H2,1-3H3,(H,20,22)(H,19,21,23). The van der Waals surface area contributed by atoms with Crippen LogP contribution >= 0.6 is 11.8 Å². The molecule has 0 bridgehead atoms. The van der Waals surface area contributed by atoms with E-state index in [4.69, 9.17) is 0 Å². The van der Waals surface area contributed by atoms with Gasteiger partial charge in [0.25, 0.3) is 0 Å². The Hall–Kier alpha value is -2.34. The quantitative estimate of drug-likeness (QED) is 0.843. The Kier molecular flexibility index (Phi) is 6.37. The van der Waals surface area contributed by atoms with Crippen LogP contribution in [-0.2, 0) is 9.59 Å². The molecular weight excluding hydrogens is 322 g/mol. The Morgan fingerprint density at radius 3 is 2.46 bits per heavy atom. The number of hydrogen-bond donors (Lipinski definition) is 2. The molecule has 1 aromatic carbocycles. The molecule has 0 aliphatic heterocycles. The van der Waals surface area contributed by atoms with E-state index in [2.05, 4.69) is 15.6 Å². The number of anilines is 2. The van der Waals surface area contributed by atoms with Crippen LogP contribution in [0.3, 0.4) is 0 Å². The van der Waals surface area contributed by atoms with Crippen molar-refractivity contribution in [2.45, 2.75) is 26.0 Å². The van der Waals surface area contributed by atoms with Crippen molar-refractivity contribution in [3.05, 3.63) is 53.7 Å². The molecule has 2 aromatic rings. The maximum absolute atomic E-state index is 12.1. The molecule has 0 fully saturated rings. The molecule has 6 heteroatoms. The third-order valence-electron chi connectivity index (χ3n) is 3.34. The first-order valence-corrected chi connectivity index (χ1v) is 8.70. The lowest BCUT2D eigenvalue weighted by molar-refractivity contribution is -0.115. The molecule has 5 nitrogen and oxygen atoms in total. The summed E-state index contributed by atoms with van der Waals surface area (Å²) in [6.45, 7) is 5.70. The van der Waals surface area contributed by atoms with Crippen LogP contribution in [0, 0.1) is 13.8 Å². The number of aryl methyl sites for hydroxylation is 2. The number of hydrogen-bond acceptors (Lipinski definition) is 4. The van der Waals surface area contributed by atoms with E-state index in [1.54, 1.807) is 19.2 Å². The fourth-order valence-electron chi connectivity index (χ4n) is 1.94. The largest absolute Gasteiger partial charge is 0.325 e. The Balaban J connectivity index is 1.79. The number of nitrogens with one attached hydrogen (secondary N) is 2.